The van der Waals surface area contributed by atoms with Gasteiger partial charge in [-0.3, -0.25) is 4.79 Å². The zero-order chi connectivity index (χ0) is 23.4. The Balaban J connectivity index is 1.32. The zero-order valence-corrected chi connectivity index (χ0v) is 19.5. The second-order valence-electron chi connectivity index (χ2n) is 7.37. The lowest BCUT2D eigenvalue weighted by Gasteiger charge is -2.10. The second kappa shape index (κ2) is 9.98. The largest absolute Gasteiger partial charge is 0.486 e. The van der Waals surface area contributed by atoms with E-state index in [9.17, 15) is 4.79 Å². The molecule has 0 fully saturated rings. The topological polar surface area (TPSA) is 68.8 Å². The monoisotopic (exact) mass is 481 g/mol. The number of amides is 1. The summed E-state index contributed by atoms with van der Waals surface area (Å²) >= 11 is 11.9. The highest BCUT2D eigenvalue weighted by atomic mass is 35.5. The zero-order valence-electron chi connectivity index (χ0n) is 18.0. The molecule has 0 saturated carbocycles. The number of hydrogen-bond acceptors (Lipinski definition) is 4. The number of aryl methyl sites for hydroxylation is 2. The van der Waals surface area contributed by atoms with Crippen molar-refractivity contribution in [2.45, 2.75) is 20.5 Å². The number of nitrogens with one attached hydrogen (secondary N) is 1. The van der Waals surface area contributed by atoms with Gasteiger partial charge in [-0.15, -0.1) is 0 Å². The molecule has 0 saturated heterocycles. The predicted octanol–water partition coefficient (Wildman–Crippen LogP) is 6.34. The van der Waals surface area contributed by atoms with Crippen molar-refractivity contribution in [3.05, 3.63) is 105 Å². The molecule has 2 aromatic heterocycles. The Morgan fingerprint density at radius 2 is 1.76 bits per heavy atom. The van der Waals surface area contributed by atoms with Crippen molar-refractivity contribution in [2.24, 2.45) is 5.10 Å². The molecule has 4 aromatic rings. The van der Waals surface area contributed by atoms with Crippen molar-refractivity contribution in [3.63, 3.8) is 0 Å². The highest BCUT2D eigenvalue weighted by molar-refractivity contribution is 6.36. The highest BCUT2D eigenvalue weighted by Gasteiger charge is 2.11. The first-order valence-electron chi connectivity index (χ1n) is 10.2. The maximum absolute atomic E-state index is 12.3. The molecule has 33 heavy (non-hydrogen) atoms. The van der Waals surface area contributed by atoms with Gasteiger partial charge in [-0.25, -0.2) is 5.43 Å². The molecule has 8 heteroatoms. The number of hydrazone groups is 1. The standard InChI is InChI=1S/C25H21Cl2N3O3/c1-16-3-4-17(2)30(16)20-7-9-21(10-8-20)32-15-22-11-12-24(33-22)25(31)29-28-14-18-5-6-19(26)13-23(18)27/h3-14H,15H2,1-2H3,(H,29,31). The maximum atomic E-state index is 12.3. The lowest BCUT2D eigenvalue weighted by molar-refractivity contribution is 0.0923. The van der Waals surface area contributed by atoms with Crippen molar-refractivity contribution >= 4 is 35.3 Å². The molecule has 6 nitrogen and oxygen atoms in total. The van der Waals surface area contributed by atoms with Crippen LogP contribution in [0.3, 0.4) is 0 Å². The van der Waals surface area contributed by atoms with Crippen LogP contribution in [0, 0.1) is 13.8 Å². The summed E-state index contributed by atoms with van der Waals surface area (Å²) in [5.74, 6) is 0.866. The van der Waals surface area contributed by atoms with Crippen LogP contribution in [0.25, 0.3) is 5.69 Å². The van der Waals surface area contributed by atoms with Crippen molar-refractivity contribution in [1.29, 1.82) is 0 Å². The number of carbonyl (C=O) groups is 1. The van der Waals surface area contributed by atoms with Gasteiger partial charge in [0.15, 0.2) is 5.76 Å². The Bertz CT molecular complexity index is 1290. The second-order valence-corrected chi connectivity index (χ2v) is 8.21. The molecule has 1 amide bonds. The molecule has 2 aromatic carbocycles. The van der Waals surface area contributed by atoms with Gasteiger partial charge in [0, 0.05) is 27.7 Å². The van der Waals surface area contributed by atoms with E-state index in [1.807, 2.05) is 24.3 Å². The van der Waals surface area contributed by atoms with Crippen LogP contribution in [0.1, 0.15) is 33.3 Å². The SMILES string of the molecule is Cc1ccc(C)n1-c1ccc(OCc2ccc(C(=O)NN=Cc3ccc(Cl)cc3Cl)o2)cc1. The van der Waals surface area contributed by atoms with Crippen LogP contribution in [0.2, 0.25) is 10.0 Å². The first-order valence-corrected chi connectivity index (χ1v) is 10.9. The Hall–Kier alpha value is -3.48. The highest BCUT2D eigenvalue weighted by Crippen LogP contribution is 2.21. The van der Waals surface area contributed by atoms with Gasteiger partial charge in [-0.05, 0) is 74.5 Å². The number of furan rings is 1. The van der Waals surface area contributed by atoms with Gasteiger partial charge < -0.3 is 13.7 Å². The first kappa shape index (κ1) is 22.7. The predicted molar refractivity (Wildman–Crippen MR) is 130 cm³/mol. The van der Waals surface area contributed by atoms with Gasteiger partial charge in [-0.2, -0.15) is 5.10 Å². The summed E-state index contributed by atoms with van der Waals surface area (Å²) in [5.41, 5.74) is 6.44. The molecule has 4 rings (SSSR count). The van der Waals surface area contributed by atoms with E-state index in [4.69, 9.17) is 32.4 Å². The molecule has 0 radical (unpaired) electrons. The summed E-state index contributed by atoms with van der Waals surface area (Å²) in [4.78, 5) is 12.3. The third-order valence-corrected chi connectivity index (χ3v) is 5.53. The van der Waals surface area contributed by atoms with E-state index < -0.39 is 5.91 Å². The Morgan fingerprint density at radius 1 is 1.03 bits per heavy atom. The molecule has 0 spiro atoms. The van der Waals surface area contributed by atoms with Crippen LogP contribution >= 0.6 is 23.2 Å². The van der Waals surface area contributed by atoms with E-state index in [1.165, 1.54) is 17.6 Å². The summed E-state index contributed by atoms with van der Waals surface area (Å²) in [6, 6.07) is 20.2. The van der Waals surface area contributed by atoms with Crippen LogP contribution in [0.5, 0.6) is 5.75 Å². The molecule has 0 aliphatic rings. The van der Waals surface area contributed by atoms with Crippen LogP contribution < -0.4 is 10.2 Å². The number of rotatable bonds is 7. The number of ether oxygens (including phenoxy) is 1. The molecule has 2 heterocycles. The molecule has 0 bridgehead atoms. The minimum absolute atomic E-state index is 0.127. The smallest absolute Gasteiger partial charge is 0.307 e. The first-order chi connectivity index (χ1) is 15.9. The van der Waals surface area contributed by atoms with Crippen LogP contribution in [0.15, 0.2) is 76.2 Å². The van der Waals surface area contributed by atoms with Gasteiger partial charge in [0.25, 0.3) is 0 Å². The fourth-order valence-electron chi connectivity index (χ4n) is 3.32. The van der Waals surface area contributed by atoms with E-state index in [0.717, 1.165) is 5.69 Å². The van der Waals surface area contributed by atoms with Gasteiger partial charge in [0.05, 0.1) is 11.2 Å². The summed E-state index contributed by atoms with van der Waals surface area (Å²) in [7, 11) is 0. The lowest BCUT2D eigenvalue weighted by atomic mass is 10.2. The number of carbonyl (C=O) groups excluding carboxylic acids is 1. The van der Waals surface area contributed by atoms with Crippen LogP contribution in [-0.2, 0) is 6.61 Å². The van der Waals surface area contributed by atoms with Crippen molar-refractivity contribution in [1.82, 2.24) is 9.99 Å². The third kappa shape index (κ3) is 5.48. The van der Waals surface area contributed by atoms with E-state index in [1.54, 1.807) is 30.3 Å². The summed E-state index contributed by atoms with van der Waals surface area (Å²) in [6.45, 7) is 4.33. The summed E-state index contributed by atoms with van der Waals surface area (Å²) in [5, 5.41) is 4.86. The molecule has 168 valence electrons. The minimum Gasteiger partial charge on any atom is -0.486 e. The molecular weight excluding hydrogens is 461 g/mol. The third-order valence-electron chi connectivity index (χ3n) is 4.96. The fourth-order valence-corrected chi connectivity index (χ4v) is 3.78. The fraction of sp³-hybridized carbons (Fsp3) is 0.120. The minimum atomic E-state index is -0.482. The van der Waals surface area contributed by atoms with E-state index >= 15 is 0 Å². The molecule has 0 atom stereocenters. The quantitative estimate of drug-likeness (QED) is 0.247. The van der Waals surface area contributed by atoms with Crippen molar-refractivity contribution in [3.8, 4) is 11.4 Å². The number of hydrogen-bond donors (Lipinski definition) is 1. The van der Waals surface area contributed by atoms with E-state index in [0.29, 0.717) is 27.1 Å². The van der Waals surface area contributed by atoms with Gasteiger partial charge >= 0.3 is 5.91 Å². The van der Waals surface area contributed by atoms with Gasteiger partial charge in [-0.1, -0.05) is 29.3 Å². The Labute approximate surface area is 201 Å². The molecule has 0 unspecified atom stereocenters. The summed E-state index contributed by atoms with van der Waals surface area (Å²) in [6.07, 6.45) is 1.43. The number of benzene rings is 2. The molecule has 0 aliphatic carbocycles. The number of nitrogens with zero attached hydrogens (tertiary/aromatic N) is 2. The number of aromatic nitrogens is 1. The molecule has 0 aliphatic heterocycles. The lowest BCUT2D eigenvalue weighted by Crippen LogP contribution is -2.16. The summed E-state index contributed by atoms with van der Waals surface area (Å²) < 4.78 is 13.5. The van der Waals surface area contributed by atoms with E-state index in [-0.39, 0.29) is 12.4 Å². The normalized spacial score (nSPS) is 11.2. The van der Waals surface area contributed by atoms with Crippen molar-refractivity contribution < 1.29 is 13.9 Å². The Kier molecular flexibility index (Phi) is 6.87. The van der Waals surface area contributed by atoms with Gasteiger partial charge in [0.2, 0.25) is 0 Å². The van der Waals surface area contributed by atoms with Crippen molar-refractivity contribution in [2.75, 3.05) is 0 Å². The van der Waals surface area contributed by atoms with Gasteiger partial charge in [0.1, 0.15) is 18.1 Å². The van der Waals surface area contributed by atoms with Crippen LogP contribution in [-0.4, -0.2) is 16.7 Å². The average molecular weight is 482 g/mol. The molecular formula is C25H21Cl2N3O3. The maximum Gasteiger partial charge on any atom is 0.307 e. The van der Waals surface area contributed by atoms with E-state index in [2.05, 4.69) is 41.1 Å². The number of halogens is 2. The molecule has 1 N–H and O–H groups in total. The Morgan fingerprint density at radius 3 is 2.45 bits per heavy atom. The average Bonchev–Trinajstić information content (AvgIpc) is 3.40. The van der Waals surface area contributed by atoms with Crippen LogP contribution in [0.4, 0.5) is 0 Å².